The third kappa shape index (κ3) is 3.02. The first-order valence-electron chi connectivity index (χ1n) is 9.30. The zero-order valence-corrected chi connectivity index (χ0v) is 14.2. The van der Waals surface area contributed by atoms with E-state index in [0.717, 1.165) is 30.8 Å². The molecule has 3 heterocycles. The zero-order chi connectivity index (χ0) is 14.9. The van der Waals surface area contributed by atoms with Gasteiger partial charge in [0, 0.05) is 30.8 Å². The van der Waals surface area contributed by atoms with E-state index in [-0.39, 0.29) is 5.60 Å². The van der Waals surface area contributed by atoms with Gasteiger partial charge in [0.05, 0.1) is 5.60 Å². The third-order valence-corrected chi connectivity index (χ3v) is 6.62. The highest BCUT2D eigenvalue weighted by molar-refractivity contribution is 5.00. The second-order valence-electron chi connectivity index (χ2n) is 7.53. The quantitative estimate of drug-likeness (QED) is 0.861. The minimum atomic E-state index is 0.164. The molecule has 3 atom stereocenters. The summed E-state index contributed by atoms with van der Waals surface area (Å²) in [5, 5.41) is 3.54. The highest BCUT2D eigenvalue weighted by Gasteiger charge is 2.45. The summed E-state index contributed by atoms with van der Waals surface area (Å²) >= 11 is 0. The van der Waals surface area contributed by atoms with Crippen molar-refractivity contribution < 1.29 is 4.74 Å². The molecular weight excluding hydrogens is 260 g/mol. The molecule has 0 radical (unpaired) electrons. The Kier molecular flexibility index (Phi) is 4.92. The van der Waals surface area contributed by atoms with Crippen LogP contribution >= 0.6 is 0 Å². The van der Waals surface area contributed by atoms with Crippen LogP contribution in [0.4, 0.5) is 0 Å². The normalized spacial score (nSPS) is 40.1. The second kappa shape index (κ2) is 6.55. The van der Waals surface area contributed by atoms with Gasteiger partial charge in [-0.3, -0.25) is 4.90 Å². The van der Waals surface area contributed by atoms with E-state index in [9.17, 15) is 0 Å². The Morgan fingerprint density at radius 2 is 1.71 bits per heavy atom. The Balaban J connectivity index is 1.73. The van der Waals surface area contributed by atoms with Gasteiger partial charge in [0.1, 0.15) is 0 Å². The van der Waals surface area contributed by atoms with Gasteiger partial charge in [-0.15, -0.1) is 0 Å². The molecule has 3 heteroatoms. The molecular formula is C18H34N2O. The summed E-state index contributed by atoms with van der Waals surface area (Å²) in [6.07, 6.45) is 11.8. The topological polar surface area (TPSA) is 24.5 Å². The Labute approximate surface area is 130 Å². The first-order valence-corrected chi connectivity index (χ1v) is 9.30. The molecule has 3 nitrogen and oxygen atoms in total. The SMILES string of the molecule is CCC1(CC)CC(N2C3CCCC2CC(NC)C3)CCO1. The lowest BCUT2D eigenvalue weighted by Crippen LogP contribution is -2.61. The number of ether oxygens (including phenoxy) is 1. The molecule has 2 bridgehead atoms. The number of rotatable bonds is 4. The summed E-state index contributed by atoms with van der Waals surface area (Å²) in [5.74, 6) is 0. The van der Waals surface area contributed by atoms with E-state index in [1.54, 1.807) is 0 Å². The number of fused-ring (bicyclic) bond motifs is 2. The van der Waals surface area contributed by atoms with Gasteiger partial charge < -0.3 is 10.1 Å². The van der Waals surface area contributed by atoms with E-state index >= 15 is 0 Å². The van der Waals surface area contributed by atoms with Crippen LogP contribution < -0.4 is 5.32 Å². The molecule has 0 saturated carbocycles. The molecule has 0 spiro atoms. The van der Waals surface area contributed by atoms with Gasteiger partial charge in [0.2, 0.25) is 0 Å². The molecule has 3 aliphatic heterocycles. The van der Waals surface area contributed by atoms with Crippen LogP contribution in [0.25, 0.3) is 0 Å². The number of hydrogen-bond acceptors (Lipinski definition) is 3. The largest absolute Gasteiger partial charge is 0.375 e. The molecule has 1 N–H and O–H groups in total. The lowest BCUT2D eigenvalue weighted by Gasteiger charge is -2.55. The minimum Gasteiger partial charge on any atom is -0.375 e. The van der Waals surface area contributed by atoms with Crippen molar-refractivity contribution >= 4 is 0 Å². The standard InChI is InChI=1S/C18H34N2O/c1-4-18(5-2)13-17(9-10-21-18)20-15-7-6-8-16(20)12-14(11-15)19-3/h14-17,19H,4-13H2,1-3H3. The van der Waals surface area contributed by atoms with Gasteiger partial charge in [-0.25, -0.2) is 0 Å². The Morgan fingerprint density at radius 3 is 2.29 bits per heavy atom. The van der Waals surface area contributed by atoms with Crippen LogP contribution in [0.2, 0.25) is 0 Å². The molecule has 0 aliphatic carbocycles. The van der Waals surface area contributed by atoms with Crippen LogP contribution in [0.1, 0.15) is 71.6 Å². The maximum Gasteiger partial charge on any atom is 0.0692 e. The molecule has 3 aliphatic rings. The summed E-state index contributed by atoms with van der Waals surface area (Å²) < 4.78 is 6.21. The average Bonchev–Trinajstić information content (AvgIpc) is 2.53. The van der Waals surface area contributed by atoms with Crippen molar-refractivity contribution in [3.8, 4) is 0 Å². The number of hydrogen-bond donors (Lipinski definition) is 1. The fourth-order valence-electron chi connectivity index (χ4n) is 5.25. The average molecular weight is 294 g/mol. The van der Waals surface area contributed by atoms with Gasteiger partial charge in [-0.1, -0.05) is 20.3 Å². The lowest BCUT2D eigenvalue weighted by molar-refractivity contribution is -0.132. The van der Waals surface area contributed by atoms with Crippen LogP contribution in [0.15, 0.2) is 0 Å². The van der Waals surface area contributed by atoms with E-state index in [2.05, 4.69) is 31.1 Å². The maximum atomic E-state index is 6.21. The first kappa shape index (κ1) is 15.8. The smallest absolute Gasteiger partial charge is 0.0692 e. The van der Waals surface area contributed by atoms with Gasteiger partial charge in [0.15, 0.2) is 0 Å². The highest BCUT2D eigenvalue weighted by Crippen LogP contribution is 2.41. The molecule has 3 fully saturated rings. The van der Waals surface area contributed by atoms with Gasteiger partial charge in [0.25, 0.3) is 0 Å². The Bertz CT molecular complexity index is 328. The van der Waals surface area contributed by atoms with Crippen molar-refractivity contribution in [1.29, 1.82) is 0 Å². The predicted octanol–water partition coefficient (Wildman–Crippen LogP) is 3.33. The van der Waals surface area contributed by atoms with Crippen LogP contribution in [0, 0.1) is 0 Å². The summed E-state index contributed by atoms with van der Waals surface area (Å²) in [6, 6.07) is 3.17. The van der Waals surface area contributed by atoms with Crippen molar-refractivity contribution in [1.82, 2.24) is 10.2 Å². The number of nitrogens with zero attached hydrogens (tertiary/aromatic N) is 1. The van der Waals surface area contributed by atoms with E-state index in [4.69, 9.17) is 4.74 Å². The molecule has 0 aromatic rings. The van der Waals surface area contributed by atoms with Crippen molar-refractivity contribution in [2.45, 2.75) is 101 Å². The Hall–Kier alpha value is -0.120. The van der Waals surface area contributed by atoms with Crippen molar-refractivity contribution in [3.05, 3.63) is 0 Å². The second-order valence-corrected chi connectivity index (χ2v) is 7.53. The molecule has 0 amide bonds. The predicted molar refractivity (Wildman–Crippen MR) is 87.6 cm³/mol. The van der Waals surface area contributed by atoms with E-state index in [1.165, 1.54) is 57.8 Å². The molecule has 21 heavy (non-hydrogen) atoms. The number of piperidine rings is 2. The fourth-order valence-corrected chi connectivity index (χ4v) is 5.25. The van der Waals surface area contributed by atoms with Gasteiger partial charge in [-0.05, 0) is 58.4 Å². The third-order valence-electron chi connectivity index (χ3n) is 6.62. The summed E-state index contributed by atoms with van der Waals surface area (Å²) in [6.45, 7) is 5.58. The maximum absolute atomic E-state index is 6.21. The summed E-state index contributed by atoms with van der Waals surface area (Å²) in [5.41, 5.74) is 0.164. The molecule has 0 aromatic carbocycles. The number of nitrogens with one attached hydrogen (secondary N) is 1. The first-order chi connectivity index (χ1) is 10.2. The van der Waals surface area contributed by atoms with E-state index in [1.807, 2.05) is 0 Å². The molecule has 3 rings (SSSR count). The Morgan fingerprint density at radius 1 is 1.05 bits per heavy atom. The molecule has 3 unspecified atom stereocenters. The van der Waals surface area contributed by atoms with Crippen molar-refractivity contribution in [3.63, 3.8) is 0 Å². The van der Waals surface area contributed by atoms with E-state index < -0.39 is 0 Å². The van der Waals surface area contributed by atoms with Crippen LogP contribution in [0.3, 0.4) is 0 Å². The van der Waals surface area contributed by atoms with Crippen LogP contribution in [-0.2, 0) is 4.74 Å². The lowest BCUT2D eigenvalue weighted by atomic mass is 9.77. The van der Waals surface area contributed by atoms with Crippen LogP contribution in [-0.4, -0.2) is 48.3 Å². The molecule has 0 aromatic heterocycles. The molecule has 122 valence electrons. The molecule has 3 saturated heterocycles. The van der Waals surface area contributed by atoms with Gasteiger partial charge >= 0.3 is 0 Å². The fraction of sp³-hybridized carbons (Fsp3) is 1.00. The van der Waals surface area contributed by atoms with Crippen molar-refractivity contribution in [2.75, 3.05) is 13.7 Å². The van der Waals surface area contributed by atoms with Crippen molar-refractivity contribution in [2.24, 2.45) is 0 Å². The summed E-state index contributed by atoms with van der Waals surface area (Å²) in [7, 11) is 2.14. The van der Waals surface area contributed by atoms with Gasteiger partial charge in [-0.2, -0.15) is 0 Å². The minimum absolute atomic E-state index is 0.164. The zero-order valence-electron chi connectivity index (χ0n) is 14.2. The van der Waals surface area contributed by atoms with E-state index in [0.29, 0.717) is 0 Å². The van der Waals surface area contributed by atoms with Crippen LogP contribution in [0.5, 0.6) is 0 Å². The summed E-state index contributed by atoms with van der Waals surface area (Å²) in [4.78, 5) is 2.94. The highest BCUT2D eigenvalue weighted by atomic mass is 16.5. The monoisotopic (exact) mass is 294 g/mol.